The molecule has 0 bridgehead atoms. The van der Waals surface area contributed by atoms with Crippen LogP contribution in [0.5, 0.6) is 0 Å². The lowest BCUT2D eigenvalue weighted by molar-refractivity contribution is -0.384. The number of rotatable bonds is 7. The summed E-state index contributed by atoms with van der Waals surface area (Å²) in [6.07, 6.45) is 1.73. The zero-order chi connectivity index (χ0) is 19.2. The molecule has 1 heterocycles. The summed E-state index contributed by atoms with van der Waals surface area (Å²) in [4.78, 5) is 22.4. The molecule has 0 atom stereocenters. The molecule has 0 aliphatic carbocycles. The van der Waals surface area contributed by atoms with Crippen molar-refractivity contribution in [2.45, 2.75) is 6.92 Å². The monoisotopic (exact) mass is 365 g/mol. The first-order valence-corrected chi connectivity index (χ1v) is 8.42. The van der Waals surface area contributed by atoms with Gasteiger partial charge in [-0.15, -0.1) is 0 Å². The number of nitro groups is 1. The third kappa shape index (κ3) is 4.49. The van der Waals surface area contributed by atoms with Crippen molar-refractivity contribution in [3.8, 4) is 5.69 Å². The van der Waals surface area contributed by atoms with Gasteiger partial charge >= 0.3 is 0 Å². The lowest BCUT2D eigenvalue weighted by Crippen LogP contribution is -2.28. The van der Waals surface area contributed by atoms with Crippen molar-refractivity contribution in [3.05, 3.63) is 82.2 Å². The van der Waals surface area contributed by atoms with Gasteiger partial charge in [0.25, 0.3) is 11.6 Å². The van der Waals surface area contributed by atoms with E-state index in [0.717, 1.165) is 17.1 Å². The number of benzene rings is 2. The summed E-state index contributed by atoms with van der Waals surface area (Å²) < 4.78 is 1.80. The molecule has 1 amide bonds. The number of aromatic nitrogens is 2. The molecule has 0 aliphatic rings. The summed E-state index contributed by atoms with van der Waals surface area (Å²) in [5, 5.41) is 20.8. The average molecular weight is 365 g/mol. The van der Waals surface area contributed by atoms with E-state index in [1.54, 1.807) is 35.1 Å². The summed E-state index contributed by atoms with van der Waals surface area (Å²) in [5.74, 6) is -0.163. The molecule has 0 unspecified atom stereocenters. The Morgan fingerprint density at radius 1 is 1.07 bits per heavy atom. The van der Waals surface area contributed by atoms with E-state index in [1.807, 2.05) is 25.1 Å². The molecular formula is C19H19N5O3. The highest BCUT2D eigenvalue weighted by molar-refractivity contribution is 5.94. The fourth-order valence-electron chi connectivity index (χ4n) is 2.58. The van der Waals surface area contributed by atoms with Crippen LogP contribution in [0, 0.1) is 17.0 Å². The molecular weight excluding hydrogens is 346 g/mol. The maximum absolute atomic E-state index is 12.2. The van der Waals surface area contributed by atoms with Crippen molar-refractivity contribution in [2.24, 2.45) is 0 Å². The topological polar surface area (TPSA) is 102 Å². The minimum absolute atomic E-state index is 0.0441. The van der Waals surface area contributed by atoms with E-state index in [0.29, 0.717) is 18.7 Å². The maximum atomic E-state index is 12.2. The Morgan fingerprint density at radius 2 is 1.78 bits per heavy atom. The molecule has 138 valence electrons. The summed E-state index contributed by atoms with van der Waals surface area (Å²) in [7, 11) is 0. The molecule has 8 heteroatoms. The molecule has 3 rings (SSSR count). The van der Waals surface area contributed by atoms with Gasteiger partial charge in [-0.1, -0.05) is 0 Å². The third-order valence-corrected chi connectivity index (χ3v) is 4.02. The van der Waals surface area contributed by atoms with Crippen molar-refractivity contribution in [3.63, 3.8) is 0 Å². The zero-order valence-corrected chi connectivity index (χ0v) is 14.8. The van der Waals surface area contributed by atoms with Gasteiger partial charge in [-0.25, -0.2) is 4.68 Å². The fourth-order valence-corrected chi connectivity index (χ4v) is 2.58. The standard InChI is InChI=1S/C19H19N5O3/c1-14-10-11-22-23(14)17-6-2-15(3-7-17)19(25)21-13-12-20-16-4-8-18(9-5-16)24(26)27/h2-11,20H,12-13H2,1H3,(H,21,25). The number of non-ortho nitro benzene ring substituents is 1. The van der Waals surface area contributed by atoms with E-state index < -0.39 is 4.92 Å². The number of nitrogens with zero attached hydrogens (tertiary/aromatic N) is 3. The van der Waals surface area contributed by atoms with Crippen molar-refractivity contribution in [1.29, 1.82) is 0 Å². The van der Waals surface area contributed by atoms with Crippen molar-refractivity contribution < 1.29 is 9.72 Å². The quantitative estimate of drug-likeness (QED) is 0.381. The van der Waals surface area contributed by atoms with Gasteiger partial charge in [0.15, 0.2) is 0 Å². The van der Waals surface area contributed by atoms with E-state index in [-0.39, 0.29) is 11.6 Å². The highest BCUT2D eigenvalue weighted by atomic mass is 16.6. The Labute approximate surface area is 156 Å². The van der Waals surface area contributed by atoms with E-state index >= 15 is 0 Å². The van der Waals surface area contributed by atoms with Crippen LogP contribution in [0.3, 0.4) is 0 Å². The molecule has 1 aromatic heterocycles. The predicted molar refractivity (Wildman–Crippen MR) is 102 cm³/mol. The van der Waals surface area contributed by atoms with E-state index in [4.69, 9.17) is 0 Å². The summed E-state index contributed by atoms with van der Waals surface area (Å²) in [5.41, 5.74) is 3.29. The van der Waals surface area contributed by atoms with Gasteiger partial charge in [0.2, 0.25) is 0 Å². The van der Waals surface area contributed by atoms with Crippen LogP contribution in [0.4, 0.5) is 11.4 Å². The van der Waals surface area contributed by atoms with Crippen LogP contribution in [0.25, 0.3) is 5.69 Å². The smallest absolute Gasteiger partial charge is 0.269 e. The molecule has 0 fully saturated rings. The van der Waals surface area contributed by atoms with Gasteiger partial charge in [0.1, 0.15) is 0 Å². The van der Waals surface area contributed by atoms with Gasteiger partial charge in [0.05, 0.1) is 10.6 Å². The van der Waals surface area contributed by atoms with Crippen molar-refractivity contribution in [1.82, 2.24) is 15.1 Å². The zero-order valence-electron chi connectivity index (χ0n) is 14.8. The number of nitrogens with one attached hydrogen (secondary N) is 2. The van der Waals surface area contributed by atoms with Crippen LogP contribution in [-0.4, -0.2) is 33.7 Å². The Balaban J connectivity index is 1.48. The Bertz CT molecular complexity index is 933. The molecule has 0 saturated heterocycles. The second-order valence-corrected chi connectivity index (χ2v) is 5.92. The fraction of sp³-hybridized carbons (Fsp3) is 0.158. The van der Waals surface area contributed by atoms with Gasteiger partial charge in [-0.05, 0) is 49.4 Å². The van der Waals surface area contributed by atoms with Crippen LogP contribution in [0.1, 0.15) is 16.1 Å². The van der Waals surface area contributed by atoms with E-state index in [1.165, 1.54) is 12.1 Å². The van der Waals surface area contributed by atoms with E-state index in [2.05, 4.69) is 15.7 Å². The minimum atomic E-state index is -0.442. The second-order valence-electron chi connectivity index (χ2n) is 5.92. The van der Waals surface area contributed by atoms with Crippen LogP contribution in [-0.2, 0) is 0 Å². The molecule has 8 nitrogen and oxygen atoms in total. The van der Waals surface area contributed by atoms with E-state index in [9.17, 15) is 14.9 Å². The second kappa shape index (κ2) is 8.13. The average Bonchev–Trinajstić information content (AvgIpc) is 3.11. The number of nitro benzene ring substituents is 1. The highest BCUT2D eigenvalue weighted by Gasteiger charge is 2.07. The van der Waals surface area contributed by atoms with Gasteiger partial charge in [0, 0.05) is 48.4 Å². The van der Waals surface area contributed by atoms with Crippen LogP contribution >= 0.6 is 0 Å². The number of anilines is 1. The summed E-state index contributed by atoms with van der Waals surface area (Å²) in [6.45, 7) is 2.90. The third-order valence-electron chi connectivity index (χ3n) is 4.02. The van der Waals surface area contributed by atoms with Gasteiger partial charge in [-0.3, -0.25) is 14.9 Å². The molecule has 0 spiro atoms. The molecule has 3 aromatic rings. The molecule has 0 saturated carbocycles. The first-order chi connectivity index (χ1) is 13.0. The highest BCUT2D eigenvalue weighted by Crippen LogP contribution is 2.15. The molecule has 0 aliphatic heterocycles. The summed E-state index contributed by atoms with van der Waals surface area (Å²) in [6, 6.07) is 15.3. The maximum Gasteiger partial charge on any atom is 0.269 e. The summed E-state index contributed by atoms with van der Waals surface area (Å²) >= 11 is 0. The number of carbonyl (C=O) groups is 1. The van der Waals surface area contributed by atoms with Crippen LogP contribution in [0.15, 0.2) is 60.8 Å². The lowest BCUT2D eigenvalue weighted by Gasteiger charge is -2.09. The van der Waals surface area contributed by atoms with Crippen LogP contribution < -0.4 is 10.6 Å². The first kappa shape index (κ1) is 18.1. The Morgan fingerprint density at radius 3 is 2.37 bits per heavy atom. The normalized spacial score (nSPS) is 10.4. The number of aryl methyl sites for hydroxylation is 1. The first-order valence-electron chi connectivity index (χ1n) is 8.42. The number of hydrogen-bond donors (Lipinski definition) is 2. The Hall–Kier alpha value is -3.68. The number of amides is 1. The van der Waals surface area contributed by atoms with Crippen molar-refractivity contribution >= 4 is 17.3 Å². The number of hydrogen-bond acceptors (Lipinski definition) is 5. The van der Waals surface area contributed by atoms with Gasteiger partial charge < -0.3 is 10.6 Å². The predicted octanol–water partition coefficient (Wildman–Crippen LogP) is 2.93. The molecule has 0 radical (unpaired) electrons. The number of carbonyl (C=O) groups excluding carboxylic acids is 1. The Kier molecular flexibility index (Phi) is 5.46. The molecule has 27 heavy (non-hydrogen) atoms. The minimum Gasteiger partial charge on any atom is -0.383 e. The SMILES string of the molecule is Cc1ccnn1-c1ccc(C(=O)NCCNc2ccc([N+](=O)[O-])cc2)cc1. The van der Waals surface area contributed by atoms with Crippen molar-refractivity contribution in [2.75, 3.05) is 18.4 Å². The molecule has 2 N–H and O–H groups in total. The van der Waals surface area contributed by atoms with Gasteiger partial charge in [-0.2, -0.15) is 5.10 Å². The largest absolute Gasteiger partial charge is 0.383 e. The molecule has 2 aromatic carbocycles. The van der Waals surface area contributed by atoms with Crippen LogP contribution in [0.2, 0.25) is 0 Å². The lowest BCUT2D eigenvalue weighted by atomic mass is 10.2.